The summed E-state index contributed by atoms with van der Waals surface area (Å²) in [6.07, 6.45) is 4.17. The molecule has 0 spiro atoms. The average Bonchev–Trinajstić information content (AvgIpc) is 2.61. The first-order valence-electron chi connectivity index (χ1n) is 5.06. The van der Waals surface area contributed by atoms with E-state index in [2.05, 4.69) is 15.7 Å². The van der Waals surface area contributed by atoms with Gasteiger partial charge in [0.1, 0.15) is 0 Å². The van der Waals surface area contributed by atoms with Crippen molar-refractivity contribution in [3.63, 3.8) is 0 Å². The van der Waals surface area contributed by atoms with Crippen molar-refractivity contribution in [3.05, 3.63) is 18.0 Å². The van der Waals surface area contributed by atoms with Crippen LogP contribution in [0.5, 0.6) is 0 Å². The molecule has 6 heteroatoms. The van der Waals surface area contributed by atoms with E-state index in [0.717, 1.165) is 5.56 Å². The topological polar surface area (TPSA) is 59.0 Å². The van der Waals surface area contributed by atoms with Gasteiger partial charge in [0.05, 0.1) is 12.2 Å². The van der Waals surface area contributed by atoms with E-state index in [1.165, 1.54) is 0 Å². The molecule has 0 aromatic carbocycles. The van der Waals surface area contributed by atoms with E-state index in [9.17, 15) is 4.79 Å². The standard InChI is InChI=1S/C10H18N4O.ClH/c1-8(9-6-12-14(3)7-9)13-10(15)4-5-11-2;/h6-8,11H,4-5H2,1-3H3,(H,13,15);1H. The van der Waals surface area contributed by atoms with E-state index >= 15 is 0 Å². The molecule has 0 aliphatic carbocycles. The molecule has 92 valence electrons. The first kappa shape index (κ1) is 14.9. The Labute approximate surface area is 102 Å². The Morgan fingerprint density at radius 2 is 2.31 bits per heavy atom. The van der Waals surface area contributed by atoms with Crippen LogP contribution in [0.2, 0.25) is 0 Å². The summed E-state index contributed by atoms with van der Waals surface area (Å²) in [6, 6.07) is 0.0167. The smallest absolute Gasteiger partial charge is 0.221 e. The highest BCUT2D eigenvalue weighted by atomic mass is 35.5. The highest BCUT2D eigenvalue weighted by Crippen LogP contribution is 2.09. The second kappa shape index (κ2) is 7.24. The van der Waals surface area contributed by atoms with Crippen LogP contribution in [0.15, 0.2) is 12.4 Å². The second-order valence-corrected chi connectivity index (χ2v) is 3.59. The number of carbonyl (C=O) groups excluding carboxylic acids is 1. The van der Waals surface area contributed by atoms with Crippen LogP contribution >= 0.6 is 12.4 Å². The minimum absolute atomic E-state index is 0. The van der Waals surface area contributed by atoms with Crippen LogP contribution in [0, 0.1) is 0 Å². The molecule has 1 aromatic rings. The van der Waals surface area contributed by atoms with Crippen LogP contribution in [0.25, 0.3) is 0 Å². The van der Waals surface area contributed by atoms with Crippen molar-refractivity contribution in [2.45, 2.75) is 19.4 Å². The van der Waals surface area contributed by atoms with E-state index in [1.807, 2.05) is 27.2 Å². The third-order valence-corrected chi connectivity index (χ3v) is 2.20. The summed E-state index contributed by atoms with van der Waals surface area (Å²) in [5, 5.41) is 9.91. The van der Waals surface area contributed by atoms with E-state index in [1.54, 1.807) is 10.9 Å². The summed E-state index contributed by atoms with van der Waals surface area (Å²) in [4.78, 5) is 11.4. The maximum atomic E-state index is 11.4. The van der Waals surface area contributed by atoms with Gasteiger partial charge in [0.25, 0.3) is 0 Å². The Kier molecular flexibility index (Phi) is 6.76. The van der Waals surface area contributed by atoms with E-state index in [0.29, 0.717) is 13.0 Å². The molecule has 0 aliphatic rings. The molecule has 1 atom stereocenters. The van der Waals surface area contributed by atoms with Gasteiger partial charge in [-0.2, -0.15) is 5.10 Å². The molecule has 1 rings (SSSR count). The molecule has 1 heterocycles. The summed E-state index contributed by atoms with van der Waals surface area (Å²) >= 11 is 0. The predicted octanol–water partition coefficient (Wildman–Crippen LogP) is 0.629. The van der Waals surface area contributed by atoms with Crippen molar-refractivity contribution in [1.29, 1.82) is 0 Å². The van der Waals surface area contributed by atoms with Crippen molar-refractivity contribution < 1.29 is 4.79 Å². The van der Waals surface area contributed by atoms with Gasteiger partial charge in [-0.1, -0.05) is 0 Å². The SMILES string of the molecule is CNCCC(=O)NC(C)c1cnn(C)c1.Cl. The molecule has 0 saturated heterocycles. The molecule has 1 aromatic heterocycles. The summed E-state index contributed by atoms with van der Waals surface area (Å²) in [6.45, 7) is 2.65. The van der Waals surface area contributed by atoms with Gasteiger partial charge in [-0.15, -0.1) is 12.4 Å². The van der Waals surface area contributed by atoms with E-state index in [4.69, 9.17) is 0 Å². The lowest BCUT2D eigenvalue weighted by Gasteiger charge is -2.11. The zero-order chi connectivity index (χ0) is 11.3. The molecule has 1 unspecified atom stereocenters. The highest BCUT2D eigenvalue weighted by molar-refractivity contribution is 5.85. The third-order valence-electron chi connectivity index (χ3n) is 2.20. The number of aromatic nitrogens is 2. The van der Waals surface area contributed by atoms with E-state index in [-0.39, 0.29) is 24.4 Å². The van der Waals surface area contributed by atoms with Crippen LogP contribution in [-0.2, 0) is 11.8 Å². The van der Waals surface area contributed by atoms with Crippen molar-refractivity contribution in [1.82, 2.24) is 20.4 Å². The summed E-state index contributed by atoms with van der Waals surface area (Å²) in [7, 11) is 3.69. The molecule has 0 aliphatic heterocycles. The maximum Gasteiger partial charge on any atom is 0.221 e. The molecule has 0 saturated carbocycles. The van der Waals surface area contributed by atoms with Crippen LogP contribution in [-0.4, -0.2) is 29.3 Å². The van der Waals surface area contributed by atoms with Crippen molar-refractivity contribution in [3.8, 4) is 0 Å². The normalized spacial score (nSPS) is 11.7. The van der Waals surface area contributed by atoms with Gasteiger partial charge in [-0.3, -0.25) is 9.48 Å². The van der Waals surface area contributed by atoms with Crippen LogP contribution in [0.4, 0.5) is 0 Å². The Bertz CT molecular complexity index is 326. The van der Waals surface area contributed by atoms with Gasteiger partial charge in [0.2, 0.25) is 5.91 Å². The molecular formula is C10H19ClN4O. The van der Waals surface area contributed by atoms with Crippen molar-refractivity contribution in [2.75, 3.05) is 13.6 Å². The number of halogens is 1. The molecule has 5 nitrogen and oxygen atoms in total. The molecule has 0 radical (unpaired) electrons. The Morgan fingerprint density at radius 1 is 1.62 bits per heavy atom. The first-order chi connectivity index (χ1) is 7.13. The van der Waals surface area contributed by atoms with Gasteiger partial charge in [-0.05, 0) is 14.0 Å². The summed E-state index contributed by atoms with van der Waals surface area (Å²) in [5.41, 5.74) is 1.02. The van der Waals surface area contributed by atoms with Crippen molar-refractivity contribution in [2.24, 2.45) is 7.05 Å². The Hall–Kier alpha value is -1.07. The fraction of sp³-hybridized carbons (Fsp3) is 0.600. The molecule has 1 amide bonds. The predicted molar refractivity (Wildman–Crippen MR) is 65.6 cm³/mol. The Balaban J connectivity index is 0.00000225. The largest absolute Gasteiger partial charge is 0.349 e. The number of hydrogen-bond donors (Lipinski definition) is 2. The number of amides is 1. The molecule has 16 heavy (non-hydrogen) atoms. The molecule has 0 fully saturated rings. The zero-order valence-corrected chi connectivity index (χ0v) is 10.7. The third kappa shape index (κ3) is 4.63. The maximum absolute atomic E-state index is 11.4. The van der Waals surface area contributed by atoms with Crippen molar-refractivity contribution >= 4 is 18.3 Å². The minimum atomic E-state index is 0. The number of aryl methyl sites for hydroxylation is 1. The first-order valence-corrected chi connectivity index (χ1v) is 5.06. The van der Waals surface area contributed by atoms with Gasteiger partial charge in [0.15, 0.2) is 0 Å². The number of hydrogen-bond acceptors (Lipinski definition) is 3. The molecule has 2 N–H and O–H groups in total. The lowest BCUT2D eigenvalue weighted by atomic mass is 10.2. The van der Waals surface area contributed by atoms with Gasteiger partial charge in [0, 0.05) is 31.8 Å². The minimum Gasteiger partial charge on any atom is -0.349 e. The lowest BCUT2D eigenvalue weighted by Crippen LogP contribution is -2.28. The van der Waals surface area contributed by atoms with Crippen LogP contribution in [0.1, 0.15) is 24.9 Å². The van der Waals surface area contributed by atoms with Gasteiger partial charge < -0.3 is 10.6 Å². The number of rotatable bonds is 5. The number of nitrogens with one attached hydrogen (secondary N) is 2. The average molecular weight is 247 g/mol. The zero-order valence-electron chi connectivity index (χ0n) is 9.86. The fourth-order valence-corrected chi connectivity index (χ4v) is 1.30. The van der Waals surface area contributed by atoms with Crippen LogP contribution in [0.3, 0.4) is 0 Å². The lowest BCUT2D eigenvalue weighted by molar-refractivity contribution is -0.121. The molecule has 0 bridgehead atoms. The number of nitrogens with zero attached hydrogens (tertiary/aromatic N) is 2. The highest BCUT2D eigenvalue weighted by Gasteiger charge is 2.10. The summed E-state index contributed by atoms with van der Waals surface area (Å²) in [5.74, 6) is 0.0562. The summed E-state index contributed by atoms with van der Waals surface area (Å²) < 4.78 is 1.73. The second-order valence-electron chi connectivity index (χ2n) is 3.59. The van der Waals surface area contributed by atoms with Crippen LogP contribution < -0.4 is 10.6 Å². The quantitative estimate of drug-likeness (QED) is 0.801. The van der Waals surface area contributed by atoms with Gasteiger partial charge in [-0.25, -0.2) is 0 Å². The molecular weight excluding hydrogens is 228 g/mol. The van der Waals surface area contributed by atoms with Gasteiger partial charge >= 0.3 is 0 Å². The monoisotopic (exact) mass is 246 g/mol. The fourth-order valence-electron chi connectivity index (χ4n) is 1.30. The number of carbonyl (C=O) groups is 1. The van der Waals surface area contributed by atoms with E-state index < -0.39 is 0 Å². The Morgan fingerprint density at radius 3 is 2.81 bits per heavy atom.